The van der Waals surface area contributed by atoms with Crippen LogP contribution in [0.3, 0.4) is 0 Å². The van der Waals surface area contributed by atoms with Gasteiger partial charge in [0.2, 0.25) is 0 Å². The van der Waals surface area contributed by atoms with Crippen molar-refractivity contribution >= 4 is 0 Å². The molecule has 1 aromatic rings. The van der Waals surface area contributed by atoms with E-state index in [0.29, 0.717) is 0 Å². The molecular formula is C16H26N2O. The highest BCUT2D eigenvalue weighted by Gasteiger charge is 2.25. The summed E-state index contributed by atoms with van der Waals surface area (Å²) in [5.74, 6) is 1.01. The van der Waals surface area contributed by atoms with Gasteiger partial charge in [0.1, 0.15) is 5.75 Å². The number of nitrogens with one attached hydrogen (secondary N) is 1. The van der Waals surface area contributed by atoms with Crippen LogP contribution in [0.5, 0.6) is 5.75 Å². The van der Waals surface area contributed by atoms with E-state index < -0.39 is 0 Å². The van der Waals surface area contributed by atoms with Gasteiger partial charge in [-0.25, -0.2) is 0 Å². The summed E-state index contributed by atoms with van der Waals surface area (Å²) in [5, 5.41) is 3.55. The standard InChI is InChI=1S/C16H26N2O/c1-5-14-10-13(6-7-15(14)19-4)11-18-9-8-17-16(2,3)12-18/h6-7,10,17H,5,8-9,11-12H2,1-4H3. The van der Waals surface area contributed by atoms with Crippen molar-refractivity contribution in [1.29, 1.82) is 0 Å². The summed E-state index contributed by atoms with van der Waals surface area (Å²) in [6, 6.07) is 6.57. The molecule has 0 aromatic heterocycles. The van der Waals surface area contributed by atoms with E-state index >= 15 is 0 Å². The normalized spacial score (nSPS) is 19.4. The molecule has 0 aliphatic carbocycles. The van der Waals surface area contributed by atoms with Gasteiger partial charge < -0.3 is 10.1 Å². The van der Waals surface area contributed by atoms with Crippen molar-refractivity contribution in [2.45, 2.75) is 39.3 Å². The molecule has 1 heterocycles. The zero-order valence-electron chi connectivity index (χ0n) is 12.6. The van der Waals surface area contributed by atoms with Crippen LogP contribution >= 0.6 is 0 Å². The van der Waals surface area contributed by atoms with Crippen molar-refractivity contribution < 1.29 is 4.74 Å². The van der Waals surface area contributed by atoms with Gasteiger partial charge in [0, 0.05) is 31.7 Å². The Hall–Kier alpha value is -1.06. The minimum absolute atomic E-state index is 0.221. The largest absolute Gasteiger partial charge is 0.496 e. The number of methoxy groups -OCH3 is 1. The molecule has 19 heavy (non-hydrogen) atoms. The molecule has 0 saturated carbocycles. The molecule has 1 aromatic carbocycles. The van der Waals surface area contributed by atoms with Crippen molar-refractivity contribution in [2.75, 3.05) is 26.7 Å². The van der Waals surface area contributed by atoms with Gasteiger partial charge in [0.15, 0.2) is 0 Å². The highest BCUT2D eigenvalue weighted by Crippen LogP contribution is 2.22. The van der Waals surface area contributed by atoms with Crippen LogP contribution in [0.15, 0.2) is 18.2 Å². The first-order valence-corrected chi connectivity index (χ1v) is 7.17. The maximum absolute atomic E-state index is 5.39. The smallest absolute Gasteiger partial charge is 0.122 e. The van der Waals surface area contributed by atoms with Crippen molar-refractivity contribution in [2.24, 2.45) is 0 Å². The Balaban J connectivity index is 2.06. The maximum atomic E-state index is 5.39. The Labute approximate surface area is 116 Å². The number of aryl methyl sites for hydroxylation is 1. The number of rotatable bonds is 4. The number of nitrogens with zero attached hydrogens (tertiary/aromatic N) is 1. The summed E-state index contributed by atoms with van der Waals surface area (Å²) < 4.78 is 5.39. The molecular weight excluding hydrogens is 236 g/mol. The van der Waals surface area contributed by atoms with E-state index in [-0.39, 0.29) is 5.54 Å². The molecule has 1 aliphatic heterocycles. The minimum Gasteiger partial charge on any atom is -0.496 e. The van der Waals surface area contributed by atoms with Crippen LogP contribution in [-0.2, 0) is 13.0 Å². The predicted octanol–water partition coefficient (Wildman–Crippen LogP) is 2.44. The molecule has 0 atom stereocenters. The Morgan fingerprint density at radius 2 is 2.16 bits per heavy atom. The minimum atomic E-state index is 0.221. The molecule has 0 spiro atoms. The fraction of sp³-hybridized carbons (Fsp3) is 0.625. The topological polar surface area (TPSA) is 24.5 Å². The average molecular weight is 262 g/mol. The third kappa shape index (κ3) is 3.71. The summed E-state index contributed by atoms with van der Waals surface area (Å²) in [4.78, 5) is 2.53. The number of benzene rings is 1. The monoisotopic (exact) mass is 262 g/mol. The molecule has 3 heteroatoms. The van der Waals surface area contributed by atoms with Crippen LogP contribution in [0.25, 0.3) is 0 Å². The van der Waals surface area contributed by atoms with Gasteiger partial charge in [-0.1, -0.05) is 19.1 Å². The molecule has 0 radical (unpaired) electrons. The third-order valence-corrected chi connectivity index (χ3v) is 3.78. The predicted molar refractivity (Wildman–Crippen MR) is 79.7 cm³/mol. The van der Waals surface area contributed by atoms with Crippen LogP contribution in [0.4, 0.5) is 0 Å². The van der Waals surface area contributed by atoms with Crippen molar-refractivity contribution in [3.05, 3.63) is 29.3 Å². The van der Waals surface area contributed by atoms with Crippen LogP contribution < -0.4 is 10.1 Å². The van der Waals surface area contributed by atoms with E-state index in [1.54, 1.807) is 7.11 Å². The second kappa shape index (κ2) is 5.93. The third-order valence-electron chi connectivity index (χ3n) is 3.78. The molecule has 1 fully saturated rings. The summed E-state index contributed by atoms with van der Waals surface area (Å²) in [7, 11) is 1.74. The first-order valence-electron chi connectivity index (χ1n) is 7.17. The fourth-order valence-corrected chi connectivity index (χ4v) is 2.85. The molecule has 0 bridgehead atoms. The summed E-state index contributed by atoms with van der Waals surface area (Å²) in [5.41, 5.74) is 2.91. The van der Waals surface area contributed by atoms with Crippen molar-refractivity contribution in [1.82, 2.24) is 10.2 Å². The maximum Gasteiger partial charge on any atom is 0.122 e. The van der Waals surface area contributed by atoms with Crippen molar-refractivity contribution in [3.8, 4) is 5.75 Å². The highest BCUT2D eigenvalue weighted by molar-refractivity contribution is 5.37. The Bertz CT molecular complexity index is 429. The van der Waals surface area contributed by atoms with E-state index in [4.69, 9.17) is 4.74 Å². The lowest BCUT2D eigenvalue weighted by atomic mass is 10.0. The molecule has 0 amide bonds. The van der Waals surface area contributed by atoms with Crippen molar-refractivity contribution in [3.63, 3.8) is 0 Å². The Morgan fingerprint density at radius 1 is 1.37 bits per heavy atom. The van der Waals surface area contributed by atoms with E-state index in [0.717, 1.165) is 38.3 Å². The van der Waals surface area contributed by atoms with Crippen LogP contribution in [0.2, 0.25) is 0 Å². The second-order valence-corrected chi connectivity index (χ2v) is 6.02. The SMILES string of the molecule is CCc1cc(CN2CCNC(C)(C)C2)ccc1OC. The molecule has 1 N–H and O–H groups in total. The first kappa shape index (κ1) is 14.4. The van der Waals surface area contributed by atoms with Gasteiger partial charge in [-0.3, -0.25) is 4.90 Å². The summed E-state index contributed by atoms with van der Waals surface area (Å²) in [6.07, 6.45) is 1.02. The molecule has 1 saturated heterocycles. The van der Waals surface area contributed by atoms with Crippen LogP contribution in [0.1, 0.15) is 31.9 Å². The lowest BCUT2D eigenvalue weighted by Gasteiger charge is -2.39. The van der Waals surface area contributed by atoms with Crippen LogP contribution in [0, 0.1) is 0 Å². The van der Waals surface area contributed by atoms with E-state index in [1.165, 1.54) is 11.1 Å². The zero-order chi connectivity index (χ0) is 13.9. The molecule has 1 aliphatic rings. The van der Waals surface area contributed by atoms with E-state index in [1.807, 2.05) is 0 Å². The number of hydrogen-bond acceptors (Lipinski definition) is 3. The average Bonchev–Trinajstić information content (AvgIpc) is 2.37. The lowest BCUT2D eigenvalue weighted by molar-refractivity contribution is 0.148. The first-order chi connectivity index (χ1) is 9.04. The fourth-order valence-electron chi connectivity index (χ4n) is 2.85. The molecule has 3 nitrogen and oxygen atoms in total. The Morgan fingerprint density at radius 3 is 2.79 bits per heavy atom. The highest BCUT2D eigenvalue weighted by atomic mass is 16.5. The molecule has 0 unspecified atom stereocenters. The van der Waals surface area contributed by atoms with Gasteiger partial charge in [-0.2, -0.15) is 0 Å². The number of ether oxygens (including phenoxy) is 1. The second-order valence-electron chi connectivity index (χ2n) is 6.02. The number of piperazine rings is 1. The van der Waals surface area contributed by atoms with Gasteiger partial charge in [-0.05, 0) is 37.5 Å². The number of hydrogen-bond donors (Lipinski definition) is 1. The molecule has 106 valence electrons. The summed E-state index contributed by atoms with van der Waals surface area (Å²) in [6.45, 7) is 11.0. The van der Waals surface area contributed by atoms with Gasteiger partial charge >= 0.3 is 0 Å². The molecule has 2 rings (SSSR count). The van der Waals surface area contributed by atoms with Gasteiger partial charge in [0.25, 0.3) is 0 Å². The van der Waals surface area contributed by atoms with Gasteiger partial charge in [-0.15, -0.1) is 0 Å². The quantitative estimate of drug-likeness (QED) is 0.902. The van der Waals surface area contributed by atoms with E-state index in [9.17, 15) is 0 Å². The lowest BCUT2D eigenvalue weighted by Crippen LogP contribution is -2.56. The summed E-state index contributed by atoms with van der Waals surface area (Å²) >= 11 is 0. The van der Waals surface area contributed by atoms with Gasteiger partial charge in [0.05, 0.1) is 7.11 Å². The Kier molecular flexibility index (Phi) is 4.48. The zero-order valence-corrected chi connectivity index (χ0v) is 12.6. The van der Waals surface area contributed by atoms with Crippen LogP contribution in [-0.4, -0.2) is 37.2 Å². The van der Waals surface area contributed by atoms with E-state index in [2.05, 4.69) is 49.2 Å².